The summed E-state index contributed by atoms with van der Waals surface area (Å²) in [7, 11) is 0. The van der Waals surface area contributed by atoms with E-state index in [2.05, 4.69) is 15.9 Å². The van der Waals surface area contributed by atoms with Gasteiger partial charge in [-0.1, -0.05) is 39.1 Å². The monoisotopic (exact) mass is 376 g/mol. The average Bonchev–Trinajstić information content (AvgIpc) is 2.38. The lowest BCUT2D eigenvalue weighted by Gasteiger charge is -2.07. The van der Waals surface area contributed by atoms with Crippen LogP contribution in [0.4, 0.5) is 4.39 Å². The molecule has 0 aliphatic rings. The molecule has 2 aromatic carbocycles. The van der Waals surface area contributed by atoms with Crippen LogP contribution in [0.1, 0.15) is 10.4 Å². The molecule has 0 bridgehead atoms. The molecule has 0 heterocycles. The van der Waals surface area contributed by atoms with E-state index in [4.69, 9.17) is 27.9 Å². The maximum atomic E-state index is 13.1. The van der Waals surface area contributed by atoms with Crippen LogP contribution in [0.5, 0.6) is 5.75 Å². The SMILES string of the molecule is O=C(COc1cc(F)cc(Br)c1)c1ccc(Cl)c(Cl)c1. The van der Waals surface area contributed by atoms with Gasteiger partial charge in [-0.15, -0.1) is 0 Å². The number of hydrogen-bond acceptors (Lipinski definition) is 2. The van der Waals surface area contributed by atoms with Crippen LogP contribution in [0.15, 0.2) is 40.9 Å². The number of ketones is 1. The summed E-state index contributed by atoms with van der Waals surface area (Å²) in [6.07, 6.45) is 0. The third-order valence-electron chi connectivity index (χ3n) is 2.45. The van der Waals surface area contributed by atoms with Gasteiger partial charge in [0, 0.05) is 16.1 Å². The molecule has 2 aromatic rings. The fourth-order valence-corrected chi connectivity index (χ4v) is 2.26. The molecule has 6 heteroatoms. The second kappa shape index (κ2) is 6.57. The van der Waals surface area contributed by atoms with Gasteiger partial charge in [-0.3, -0.25) is 4.79 Å². The smallest absolute Gasteiger partial charge is 0.200 e. The molecule has 0 atom stereocenters. The van der Waals surface area contributed by atoms with Gasteiger partial charge in [0.2, 0.25) is 0 Å². The zero-order chi connectivity index (χ0) is 14.7. The van der Waals surface area contributed by atoms with E-state index in [0.29, 0.717) is 20.1 Å². The number of carbonyl (C=O) groups is 1. The number of Topliss-reactive ketones (excluding diaryl/α,β-unsaturated/α-hetero) is 1. The normalized spacial score (nSPS) is 10.4. The predicted molar refractivity (Wildman–Crippen MR) is 80.4 cm³/mol. The molecule has 0 spiro atoms. The third-order valence-corrected chi connectivity index (χ3v) is 3.64. The highest BCUT2D eigenvalue weighted by molar-refractivity contribution is 9.10. The Morgan fingerprint density at radius 3 is 2.55 bits per heavy atom. The molecule has 0 unspecified atom stereocenters. The van der Waals surface area contributed by atoms with Crippen LogP contribution in [-0.4, -0.2) is 12.4 Å². The largest absolute Gasteiger partial charge is 0.485 e. The van der Waals surface area contributed by atoms with Gasteiger partial charge in [-0.05, 0) is 30.3 Å². The Labute approximate surface area is 133 Å². The van der Waals surface area contributed by atoms with E-state index < -0.39 is 5.82 Å². The summed E-state index contributed by atoms with van der Waals surface area (Å²) in [5.74, 6) is -0.453. The summed E-state index contributed by atoms with van der Waals surface area (Å²) in [5.41, 5.74) is 0.384. The van der Waals surface area contributed by atoms with Gasteiger partial charge in [0.1, 0.15) is 11.6 Å². The first kappa shape index (κ1) is 15.3. The summed E-state index contributed by atoms with van der Waals surface area (Å²) in [5, 5.41) is 0.671. The van der Waals surface area contributed by atoms with Crippen molar-refractivity contribution >= 4 is 44.9 Å². The van der Waals surface area contributed by atoms with Crippen LogP contribution in [-0.2, 0) is 0 Å². The molecule has 0 amide bonds. The molecule has 0 radical (unpaired) electrons. The molecule has 0 aliphatic carbocycles. The number of benzene rings is 2. The summed E-state index contributed by atoms with van der Waals surface area (Å²) in [4.78, 5) is 11.9. The van der Waals surface area contributed by atoms with Gasteiger partial charge < -0.3 is 4.74 Å². The standard InChI is InChI=1S/C14H8BrCl2FO2/c15-9-4-10(18)6-11(5-9)20-7-14(19)8-1-2-12(16)13(17)3-8/h1-6H,7H2. The van der Waals surface area contributed by atoms with Crippen LogP contribution in [0, 0.1) is 5.82 Å². The highest BCUT2D eigenvalue weighted by Gasteiger charge is 2.10. The number of hydrogen-bond donors (Lipinski definition) is 0. The van der Waals surface area contributed by atoms with Crippen LogP contribution in [0.3, 0.4) is 0 Å². The van der Waals surface area contributed by atoms with Crippen molar-refractivity contribution in [2.45, 2.75) is 0 Å². The van der Waals surface area contributed by atoms with Crippen molar-refractivity contribution in [1.82, 2.24) is 0 Å². The molecule has 0 aromatic heterocycles. The lowest BCUT2D eigenvalue weighted by molar-refractivity contribution is 0.0921. The molecule has 0 fully saturated rings. The molecule has 2 nitrogen and oxygen atoms in total. The maximum absolute atomic E-state index is 13.1. The van der Waals surface area contributed by atoms with Crippen LogP contribution >= 0.6 is 39.1 Å². The molecule has 20 heavy (non-hydrogen) atoms. The number of rotatable bonds is 4. The Balaban J connectivity index is 2.06. The Morgan fingerprint density at radius 2 is 1.90 bits per heavy atom. The van der Waals surface area contributed by atoms with Crippen molar-refractivity contribution in [1.29, 1.82) is 0 Å². The first-order valence-corrected chi connectivity index (χ1v) is 7.08. The summed E-state index contributed by atoms with van der Waals surface area (Å²) < 4.78 is 18.9. The molecular formula is C14H8BrCl2FO2. The predicted octanol–water partition coefficient (Wildman–Crippen LogP) is 5.16. The minimum atomic E-state index is -0.448. The molecule has 0 aliphatic heterocycles. The zero-order valence-electron chi connectivity index (χ0n) is 10.00. The zero-order valence-corrected chi connectivity index (χ0v) is 13.1. The summed E-state index contributed by atoms with van der Waals surface area (Å²) >= 11 is 14.8. The van der Waals surface area contributed by atoms with Crippen molar-refractivity contribution in [3.8, 4) is 5.75 Å². The highest BCUT2D eigenvalue weighted by atomic mass is 79.9. The van der Waals surface area contributed by atoms with Crippen molar-refractivity contribution in [2.75, 3.05) is 6.61 Å². The van der Waals surface area contributed by atoms with Crippen molar-refractivity contribution in [3.63, 3.8) is 0 Å². The molecular weight excluding hydrogens is 370 g/mol. The van der Waals surface area contributed by atoms with Gasteiger partial charge in [-0.2, -0.15) is 0 Å². The van der Waals surface area contributed by atoms with Gasteiger partial charge in [0.15, 0.2) is 12.4 Å². The lowest BCUT2D eigenvalue weighted by atomic mass is 10.1. The Bertz CT molecular complexity index is 641. The molecule has 0 N–H and O–H groups in total. The van der Waals surface area contributed by atoms with E-state index in [1.165, 1.54) is 24.3 Å². The van der Waals surface area contributed by atoms with Gasteiger partial charge in [-0.25, -0.2) is 4.39 Å². The Morgan fingerprint density at radius 1 is 1.15 bits per heavy atom. The number of carbonyl (C=O) groups excluding carboxylic acids is 1. The van der Waals surface area contributed by atoms with Crippen molar-refractivity contribution in [3.05, 3.63) is 62.3 Å². The van der Waals surface area contributed by atoms with Gasteiger partial charge in [0.05, 0.1) is 10.0 Å². The summed E-state index contributed by atoms with van der Waals surface area (Å²) in [6, 6.07) is 8.64. The Kier molecular flexibility index (Phi) is 5.02. The van der Waals surface area contributed by atoms with E-state index in [1.54, 1.807) is 12.1 Å². The van der Waals surface area contributed by atoms with Gasteiger partial charge >= 0.3 is 0 Å². The van der Waals surface area contributed by atoms with Crippen LogP contribution in [0.2, 0.25) is 10.0 Å². The first-order chi connectivity index (χ1) is 9.45. The first-order valence-electron chi connectivity index (χ1n) is 5.53. The molecule has 2 rings (SSSR count). The van der Waals surface area contributed by atoms with Crippen molar-refractivity contribution < 1.29 is 13.9 Å². The van der Waals surface area contributed by atoms with Crippen molar-refractivity contribution in [2.24, 2.45) is 0 Å². The fourth-order valence-electron chi connectivity index (χ4n) is 1.51. The minimum absolute atomic E-state index is 0.214. The fraction of sp³-hybridized carbons (Fsp3) is 0.0714. The van der Waals surface area contributed by atoms with E-state index in [0.717, 1.165) is 0 Å². The van der Waals surface area contributed by atoms with Crippen LogP contribution in [0.25, 0.3) is 0 Å². The summed E-state index contributed by atoms with van der Waals surface area (Å²) in [6.45, 7) is -0.214. The molecule has 104 valence electrons. The van der Waals surface area contributed by atoms with Crippen LogP contribution < -0.4 is 4.74 Å². The molecule has 0 saturated carbocycles. The minimum Gasteiger partial charge on any atom is -0.485 e. The van der Waals surface area contributed by atoms with E-state index >= 15 is 0 Å². The van der Waals surface area contributed by atoms with E-state index in [-0.39, 0.29) is 18.1 Å². The quantitative estimate of drug-likeness (QED) is 0.688. The van der Waals surface area contributed by atoms with E-state index in [9.17, 15) is 9.18 Å². The number of halogens is 4. The Hall–Kier alpha value is -1.10. The second-order valence-corrected chi connectivity index (χ2v) is 5.68. The van der Waals surface area contributed by atoms with E-state index in [1.807, 2.05) is 0 Å². The highest BCUT2D eigenvalue weighted by Crippen LogP contribution is 2.23. The number of ether oxygens (including phenoxy) is 1. The second-order valence-electron chi connectivity index (χ2n) is 3.95. The topological polar surface area (TPSA) is 26.3 Å². The molecule has 0 saturated heterocycles. The lowest BCUT2D eigenvalue weighted by Crippen LogP contribution is -2.11. The van der Waals surface area contributed by atoms with Gasteiger partial charge in [0.25, 0.3) is 0 Å². The third kappa shape index (κ3) is 3.95. The average molecular weight is 378 g/mol. The maximum Gasteiger partial charge on any atom is 0.200 e.